The van der Waals surface area contributed by atoms with Gasteiger partial charge in [0.25, 0.3) is 0 Å². The summed E-state index contributed by atoms with van der Waals surface area (Å²) in [4.78, 5) is 11.8. The molecule has 1 amide bonds. The third kappa shape index (κ3) is 6.99. The van der Waals surface area contributed by atoms with Crippen molar-refractivity contribution < 1.29 is 9.53 Å². The first-order valence-corrected chi connectivity index (χ1v) is 8.95. The Hall–Kier alpha value is -0.770. The van der Waals surface area contributed by atoms with E-state index in [4.69, 9.17) is 4.74 Å². The molecule has 0 spiro atoms. The van der Waals surface area contributed by atoms with Crippen molar-refractivity contribution in [1.29, 1.82) is 0 Å². The van der Waals surface area contributed by atoms with Crippen molar-refractivity contribution in [1.82, 2.24) is 10.6 Å². The minimum Gasteiger partial charge on any atom is -0.444 e. The van der Waals surface area contributed by atoms with E-state index >= 15 is 0 Å². The highest BCUT2D eigenvalue weighted by atomic mass is 16.6. The lowest BCUT2D eigenvalue weighted by molar-refractivity contribution is 0.0519. The summed E-state index contributed by atoms with van der Waals surface area (Å²) < 4.78 is 5.30. The molecule has 3 unspecified atom stereocenters. The summed E-state index contributed by atoms with van der Waals surface area (Å²) >= 11 is 0. The largest absolute Gasteiger partial charge is 0.444 e. The van der Waals surface area contributed by atoms with Gasteiger partial charge >= 0.3 is 6.09 Å². The molecule has 0 bridgehead atoms. The van der Waals surface area contributed by atoms with Gasteiger partial charge in [-0.1, -0.05) is 33.6 Å². The molecule has 3 atom stereocenters. The number of rotatable bonds is 6. The molecule has 0 aromatic heterocycles. The molecule has 4 heteroatoms. The number of nitrogens with one attached hydrogen (secondary N) is 2. The predicted molar refractivity (Wildman–Crippen MR) is 92.0 cm³/mol. The first-order valence-electron chi connectivity index (χ1n) is 8.95. The number of amides is 1. The van der Waals surface area contributed by atoms with E-state index in [1.165, 1.54) is 25.7 Å². The highest BCUT2D eigenvalue weighted by molar-refractivity contribution is 5.67. The van der Waals surface area contributed by atoms with E-state index in [1.54, 1.807) is 0 Å². The molecule has 2 N–H and O–H groups in total. The van der Waals surface area contributed by atoms with Crippen LogP contribution in [0.3, 0.4) is 0 Å². The summed E-state index contributed by atoms with van der Waals surface area (Å²) in [6.07, 6.45) is 5.94. The summed E-state index contributed by atoms with van der Waals surface area (Å²) in [6, 6.07) is 0.899. The Morgan fingerprint density at radius 2 is 1.86 bits per heavy atom. The van der Waals surface area contributed by atoms with Gasteiger partial charge < -0.3 is 15.4 Å². The standard InChI is InChI=1S/C18H36N2O2/c1-7-14(12-19-17(21)22-18(4,5)6)20-16-11-9-8-10-15(16)13(2)3/h13-16,20H,7-12H2,1-6H3,(H,19,21). The van der Waals surface area contributed by atoms with Crippen molar-refractivity contribution in [3.8, 4) is 0 Å². The molecule has 1 rings (SSSR count). The van der Waals surface area contributed by atoms with Crippen molar-refractivity contribution in [3.63, 3.8) is 0 Å². The van der Waals surface area contributed by atoms with Crippen molar-refractivity contribution in [2.45, 2.75) is 91.3 Å². The number of ether oxygens (including phenoxy) is 1. The minimum absolute atomic E-state index is 0.317. The molecule has 0 aromatic rings. The van der Waals surface area contributed by atoms with Gasteiger partial charge in [0, 0.05) is 18.6 Å². The molecule has 1 aliphatic carbocycles. The molecule has 0 aliphatic heterocycles. The topological polar surface area (TPSA) is 50.4 Å². The molecule has 4 nitrogen and oxygen atoms in total. The number of hydrogen-bond acceptors (Lipinski definition) is 3. The molecular formula is C18H36N2O2. The molecule has 130 valence electrons. The van der Waals surface area contributed by atoms with Gasteiger partial charge in [0.1, 0.15) is 5.60 Å². The predicted octanol–water partition coefficient (Wildman–Crippen LogP) is 4.09. The van der Waals surface area contributed by atoms with E-state index in [-0.39, 0.29) is 6.09 Å². The Morgan fingerprint density at radius 3 is 2.41 bits per heavy atom. The summed E-state index contributed by atoms with van der Waals surface area (Å²) in [5, 5.41) is 6.69. The quantitative estimate of drug-likeness (QED) is 0.776. The minimum atomic E-state index is -0.439. The van der Waals surface area contributed by atoms with Gasteiger partial charge in [0.2, 0.25) is 0 Å². The van der Waals surface area contributed by atoms with Gasteiger partial charge in [0.05, 0.1) is 0 Å². The van der Waals surface area contributed by atoms with E-state index in [1.807, 2.05) is 20.8 Å². The number of alkyl carbamates (subject to hydrolysis) is 1. The molecule has 0 radical (unpaired) electrons. The molecule has 22 heavy (non-hydrogen) atoms. The van der Waals surface area contributed by atoms with Gasteiger partial charge in [0.15, 0.2) is 0 Å². The van der Waals surface area contributed by atoms with Crippen molar-refractivity contribution in [2.24, 2.45) is 11.8 Å². The zero-order chi connectivity index (χ0) is 16.8. The highest BCUT2D eigenvalue weighted by Crippen LogP contribution is 2.30. The van der Waals surface area contributed by atoms with Gasteiger partial charge in [-0.2, -0.15) is 0 Å². The highest BCUT2D eigenvalue weighted by Gasteiger charge is 2.29. The van der Waals surface area contributed by atoms with E-state index in [0.29, 0.717) is 24.5 Å². The Bertz CT molecular complexity index is 336. The zero-order valence-corrected chi connectivity index (χ0v) is 15.4. The Labute approximate surface area is 136 Å². The Balaban J connectivity index is 2.45. The third-order valence-corrected chi connectivity index (χ3v) is 4.51. The lowest BCUT2D eigenvalue weighted by Crippen LogP contribution is -2.50. The molecule has 0 aromatic carbocycles. The van der Waals surface area contributed by atoms with E-state index in [0.717, 1.165) is 12.3 Å². The van der Waals surface area contributed by atoms with Gasteiger partial charge in [-0.3, -0.25) is 0 Å². The maximum absolute atomic E-state index is 11.8. The van der Waals surface area contributed by atoms with Crippen LogP contribution in [-0.2, 0) is 4.74 Å². The molecule has 1 aliphatic rings. The van der Waals surface area contributed by atoms with Crippen molar-refractivity contribution >= 4 is 6.09 Å². The van der Waals surface area contributed by atoms with E-state index in [2.05, 4.69) is 31.4 Å². The molecule has 0 heterocycles. The Kier molecular flexibility index (Phi) is 7.67. The number of carbonyl (C=O) groups excluding carboxylic acids is 1. The maximum atomic E-state index is 11.8. The van der Waals surface area contributed by atoms with Gasteiger partial charge in [-0.15, -0.1) is 0 Å². The molecule has 1 saturated carbocycles. The van der Waals surface area contributed by atoms with Crippen molar-refractivity contribution in [3.05, 3.63) is 0 Å². The Morgan fingerprint density at radius 1 is 1.23 bits per heavy atom. The molecule has 0 saturated heterocycles. The molecular weight excluding hydrogens is 276 g/mol. The number of hydrogen-bond donors (Lipinski definition) is 2. The van der Waals surface area contributed by atoms with Crippen LogP contribution >= 0.6 is 0 Å². The van der Waals surface area contributed by atoms with Crippen LogP contribution in [0, 0.1) is 11.8 Å². The SMILES string of the molecule is CCC(CNC(=O)OC(C)(C)C)NC1CCCCC1C(C)C. The smallest absolute Gasteiger partial charge is 0.407 e. The normalized spacial score (nSPS) is 24.1. The second-order valence-electron chi connectivity index (χ2n) is 7.95. The average molecular weight is 312 g/mol. The third-order valence-electron chi connectivity index (χ3n) is 4.51. The van der Waals surface area contributed by atoms with Crippen LogP contribution in [0.5, 0.6) is 0 Å². The van der Waals surface area contributed by atoms with Crippen LogP contribution in [0.2, 0.25) is 0 Å². The monoisotopic (exact) mass is 312 g/mol. The fourth-order valence-corrected chi connectivity index (χ4v) is 3.31. The van der Waals surface area contributed by atoms with E-state index < -0.39 is 5.60 Å². The second kappa shape index (κ2) is 8.76. The summed E-state index contributed by atoms with van der Waals surface area (Å²) in [5.74, 6) is 1.47. The van der Waals surface area contributed by atoms with Crippen LogP contribution in [0.4, 0.5) is 4.79 Å². The first-order chi connectivity index (χ1) is 10.2. The summed E-state index contributed by atoms with van der Waals surface area (Å²) in [6.45, 7) is 13.1. The van der Waals surface area contributed by atoms with Gasteiger partial charge in [-0.25, -0.2) is 4.79 Å². The van der Waals surface area contributed by atoms with Gasteiger partial charge in [-0.05, 0) is 51.9 Å². The summed E-state index contributed by atoms with van der Waals surface area (Å²) in [7, 11) is 0. The van der Waals surface area contributed by atoms with Crippen LogP contribution in [0.15, 0.2) is 0 Å². The van der Waals surface area contributed by atoms with Crippen molar-refractivity contribution in [2.75, 3.05) is 6.54 Å². The summed E-state index contributed by atoms with van der Waals surface area (Å²) in [5.41, 5.74) is -0.439. The lowest BCUT2D eigenvalue weighted by atomic mass is 9.77. The molecule has 1 fully saturated rings. The fourth-order valence-electron chi connectivity index (χ4n) is 3.31. The van der Waals surface area contributed by atoms with Crippen LogP contribution in [0.25, 0.3) is 0 Å². The van der Waals surface area contributed by atoms with E-state index in [9.17, 15) is 4.79 Å². The second-order valence-corrected chi connectivity index (χ2v) is 7.95. The fraction of sp³-hybridized carbons (Fsp3) is 0.944. The first kappa shape index (κ1) is 19.3. The maximum Gasteiger partial charge on any atom is 0.407 e. The van der Waals surface area contributed by atoms with Crippen LogP contribution in [0.1, 0.15) is 73.6 Å². The van der Waals surface area contributed by atoms with Crippen LogP contribution in [-0.4, -0.2) is 30.3 Å². The van der Waals surface area contributed by atoms with Crippen LogP contribution < -0.4 is 10.6 Å². The lowest BCUT2D eigenvalue weighted by Gasteiger charge is -2.37. The zero-order valence-electron chi connectivity index (χ0n) is 15.4. The average Bonchev–Trinajstić information content (AvgIpc) is 2.41. The number of carbonyl (C=O) groups is 1.